The Labute approximate surface area is 227 Å². The molecule has 8 nitrogen and oxygen atoms in total. The Morgan fingerprint density at radius 2 is 1.62 bits per heavy atom. The van der Waals surface area contributed by atoms with Crippen LogP contribution in [0, 0.1) is 0 Å². The highest BCUT2D eigenvalue weighted by Gasteiger charge is 2.21. The molecule has 0 saturated heterocycles. The van der Waals surface area contributed by atoms with Gasteiger partial charge >= 0.3 is 6.09 Å². The van der Waals surface area contributed by atoms with Crippen LogP contribution in [-0.2, 0) is 15.4 Å². The fourth-order valence-electron chi connectivity index (χ4n) is 4.21. The monoisotopic (exact) mass is 540 g/mol. The number of anilines is 2. The Kier molecular flexibility index (Phi) is 6.84. The van der Waals surface area contributed by atoms with Crippen molar-refractivity contribution in [1.82, 2.24) is 9.97 Å². The topological polar surface area (TPSA) is 113 Å². The van der Waals surface area contributed by atoms with Gasteiger partial charge in [0.2, 0.25) is 5.88 Å². The minimum absolute atomic E-state index is 0.0861. The third kappa shape index (κ3) is 5.78. The molecule has 39 heavy (non-hydrogen) atoms. The number of ether oxygens (including phenoxy) is 1. The van der Waals surface area contributed by atoms with Crippen molar-refractivity contribution in [3.63, 3.8) is 0 Å². The summed E-state index contributed by atoms with van der Waals surface area (Å²) in [5, 5.41) is 3.29. The number of nitrogens with one attached hydrogen (secondary N) is 3. The number of sulfonamides is 1. The van der Waals surface area contributed by atoms with Gasteiger partial charge in [0, 0.05) is 22.8 Å². The van der Waals surface area contributed by atoms with E-state index in [-0.39, 0.29) is 16.2 Å². The van der Waals surface area contributed by atoms with Crippen LogP contribution in [0.4, 0.5) is 16.3 Å². The minimum Gasteiger partial charge on any atom is -0.392 e. The summed E-state index contributed by atoms with van der Waals surface area (Å²) < 4.78 is 34.7. The van der Waals surface area contributed by atoms with Gasteiger partial charge in [-0.1, -0.05) is 69.3 Å². The second kappa shape index (κ2) is 10.3. The first-order chi connectivity index (χ1) is 18.6. The third-order valence-electron chi connectivity index (χ3n) is 6.20. The number of fused-ring (bicyclic) bond motifs is 1. The number of aromatic amines is 1. The van der Waals surface area contributed by atoms with E-state index in [0.717, 1.165) is 11.1 Å². The van der Waals surface area contributed by atoms with Crippen molar-refractivity contribution in [2.24, 2.45) is 0 Å². The van der Waals surface area contributed by atoms with Crippen molar-refractivity contribution >= 4 is 38.5 Å². The largest absolute Gasteiger partial charge is 0.419 e. The zero-order valence-electron chi connectivity index (χ0n) is 21.7. The number of rotatable bonds is 6. The number of hydrogen-bond acceptors (Lipinski definition) is 5. The smallest absolute Gasteiger partial charge is 0.392 e. The molecule has 3 aromatic carbocycles. The van der Waals surface area contributed by atoms with E-state index in [1.54, 1.807) is 54.7 Å². The van der Waals surface area contributed by atoms with E-state index < -0.39 is 16.1 Å². The highest BCUT2D eigenvalue weighted by molar-refractivity contribution is 7.92. The fraction of sp³-hybridized carbons (Fsp3) is 0.133. The second-order valence-corrected chi connectivity index (χ2v) is 11.7. The molecule has 2 aromatic heterocycles. The third-order valence-corrected chi connectivity index (χ3v) is 7.60. The predicted molar refractivity (Wildman–Crippen MR) is 154 cm³/mol. The highest BCUT2D eigenvalue weighted by atomic mass is 32.2. The fourth-order valence-corrected chi connectivity index (χ4v) is 5.26. The van der Waals surface area contributed by atoms with E-state index >= 15 is 0 Å². The maximum Gasteiger partial charge on any atom is 0.419 e. The lowest BCUT2D eigenvalue weighted by Gasteiger charge is -2.19. The minimum atomic E-state index is -3.83. The molecular formula is C30H28N4O4S. The molecule has 0 aliphatic heterocycles. The number of amides is 1. The molecule has 5 rings (SSSR count). The van der Waals surface area contributed by atoms with Gasteiger partial charge in [-0.05, 0) is 59.0 Å². The summed E-state index contributed by atoms with van der Waals surface area (Å²) in [6.07, 6.45) is 0.854. The van der Waals surface area contributed by atoms with Crippen molar-refractivity contribution in [2.45, 2.75) is 31.1 Å². The van der Waals surface area contributed by atoms with Crippen molar-refractivity contribution in [1.29, 1.82) is 0 Å². The van der Waals surface area contributed by atoms with Crippen molar-refractivity contribution < 1.29 is 17.9 Å². The van der Waals surface area contributed by atoms with Gasteiger partial charge in [0.25, 0.3) is 10.0 Å². The Morgan fingerprint density at radius 1 is 0.897 bits per heavy atom. The first-order valence-corrected chi connectivity index (χ1v) is 13.8. The summed E-state index contributed by atoms with van der Waals surface area (Å²) in [6, 6.07) is 26.6. The average molecular weight is 541 g/mol. The van der Waals surface area contributed by atoms with Crippen LogP contribution in [0.15, 0.2) is 102 Å². The summed E-state index contributed by atoms with van der Waals surface area (Å²) in [7, 11) is -3.83. The lowest BCUT2D eigenvalue weighted by molar-refractivity contribution is 0.214. The van der Waals surface area contributed by atoms with Crippen LogP contribution < -0.4 is 14.8 Å². The van der Waals surface area contributed by atoms with E-state index in [2.05, 4.69) is 40.8 Å². The molecule has 0 fully saturated rings. The molecule has 1 amide bonds. The molecule has 0 unspecified atom stereocenters. The van der Waals surface area contributed by atoms with Gasteiger partial charge in [0.1, 0.15) is 5.82 Å². The number of carbonyl (C=O) groups excluding carboxylic acids is 1. The van der Waals surface area contributed by atoms with Crippen LogP contribution in [0.5, 0.6) is 5.88 Å². The highest BCUT2D eigenvalue weighted by Crippen LogP contribution is 2.39. The van der Waals surface area contributed by atoms with Crippen molar-refractivity contribution in [3.05, 3.63) is 103 Å². The van der Waals surface area contributed by atoms with Crippen LogP contribution in [-0.4, -0.2) is 24.5 Å². The molecule has 198 valence electrons. The first kappa shape index (κ1) is 26.0. The second-order valence-electron chi connectivity index (χ2n) is 10.1. The maximum absolute atomic E-state index is 13.2. The summed E-state index contributed by atoms with van der Waals surface area (Å²) in [5.74, 6) is 0.578. The standard InChI is InChI=1S/C30H28N4O4S/c1-30(2,3)21-12-15-23(16-13-21)39(36,37)34-22-14-17-25-24(19-22)27(20-9-5-4-6-10-20)28(32-25)38-29(35)33-26-11-7-8-18-31-26/h4-19,32,34H,1-3H3,(H,31,33,35). The summed E-state index contributed by atoms with van der Waals surface area (Å²) in [4.78, 5) is 20.0. The zero-order chi connectivity index (χ0) is 27.6. The van der Waals surface area contributed by atoms with Gasteiger partial charge in [-0.2, -0.15) is 0 Å². The molecule has 0 aliphatic carbocycles. The number of H-pyrrole nitrogens is 1. The van der Waals surface area contributed by atoms with E-state index in [1.165, 1.54) is 0 Å². The number of aromatic nitrogens is 2. The Hall–Kier alpha value is -4.63. The van der Waals surface area contributed by atoms with E-state index in [4.69, 9.17) is 4.74 Å². The SMILES string of the molecule is CC(C)(C)c1ccc(S(=O)(=O)Nc2ccc3[nH]c(OC(=O)Nc4ccccn4)c(-c4ccccc4)c3c2)cc1. The molecule has 0 aliphatic rings. The van der Waals surface area contributed by atoms with E-state index in [1.807, 2.05) is 42.5 Å². The Balaban J connectivity index is 1.48. The van der Waals surface area contributed by atoms with Crippen LogP contribution in [0.25, 0.3) is 22.0 Å². The van der Waals surface area contributed by atoms with Crippen LogP contribution in [0.3, 0.4) is 0 Å². The lowest BCUT2D eigenvalue weighted by Crippen LogP contribution is -2.17. The molecular weight excluding hydrogens is 512 g/mol. The van der Waals surface area contributed by atoms with Gasteiger partial charge in [0.05, 0.1) is 10.5 Å². The number of benzene rings is 3. The van der Waals surface area contributed by atoms with Gasteiger partial charge in [0.15, 0.2) is 0 Å². The summed E-state index contributed by atoms with van der Waals surface area (Å²) in [5.41, 5.74) is 3.42. The summed E-state index contributed by atoms with van der Waals surface area (Å²) >= 11 is 0. The zero-order valence-corrected chi connectivity index (χ0v) is 22.5. The van der Waals surface area contributed by atoms with Crippen molar-refractivity contribution in [3.8, 4) is 17.0 Å². The Morgan fingerprint density at radius 3 is 2.28 bits per heavy atom. The van der Waals surface area contributed by atoms with E-state index in [0.29, 0.717) is 28.0 Å². The van der Waals surface area contributed by atoms with Crippen LogP contribution >= 0.6 is 0 Å². The molecule has 0 radical (unpaired) electrons. The number of nitrogens with zero attached hydrogens (tertiary/aromatic N) is 1. The number of pyridine rings is 1. The molecule has 9 heteroatoms. The van der Waals surface area contributed by atoms with Crippen molar-refractivity contribution in [2.75, 3.05) is 10.0 Å². The molecule has 5 aromatic rings. The molecule has 2 heterocycles. The quantitative estimate of drug-likeness (QED) is 0.216. The van der Waals surface area contributed by atoms with Crippen LogP contribution in [0.1, 0.15) is 26.3 Å². The van der Waals surface area contributed by atoms with Gasteiger partial charge in [-0.3, -0.25) is 10.0 Å². The predicted octanol–water partition coefficient (Wildman–Crippen LogP) is 6.94. The number of carbonyl (C=O) groups is 1. The first-order valence-electron chi connectivity index (χ1n) is 12.3. The normalized spacial score (nSPS) is 11.8. The van der Waals surface area contributed by atoms with Gasteiger partial charge in [-0.15, -0.1) is 0 Å². The number of hydrogen-bond donors (Lipinski definition) is 3. The lowest BCUT2D eigenvalue weighted by atomic mass is 9.87. The molecule has 0 atom stereocenters. The average Bonchev–Trinajstić information content (AvgIpc) is 3.26. The van der Waals surface area contributed by atoms with Gasteiger partial charge in [-0.25, -0.2) is 18.2 Å². The molecule has 0 bridgehead atoms. The maximum atomic E-state index is 13.2. The molecule has 3 N–H and O–H groups in total. The van der Waals surface area contributed by atoms with Gasteiger partial charge < -0.3 is 9.72 Å². The Bertz CT molecular complexity index is 1730. The van der Waals surface area contributed by atoms with E-state index in [9.17, 15) is 13.2 Å². The molecule has 0 saturated carbocycles. The van der Waals surface area contributed by atoms with Crippen LogP contribution in [0.2, 0.25) is 0 Å². The summed E-state index contributed by atoms with van der Waals surface area (Å²) in [6.45, 7) is 6.22. The molecule has 0 spiro atoms.